The van der Waals surface area contributed by atoms with Gasteiger partial charge in [-0.05, 0) is 43.0 Å². The predicted octanol–water partition coefficient (Wildman–Crippen LogP) is 2.26. The number of amides is 3. The fourth-order valence-electron chi connectivity index (χ4n) is 2.85. The van der Waals surface area contributed by atoms with E-state index in [0.717, 1.165) is 19.3 Å². The zero-order valence-corrected chi connectivity index (χ0v) is 14.5. The molecular formula is C18H24N2O5. The van der Waals surface area contributed by atoms with Gasteiger partial charge in [-0.1, -0.05) is 19.8 Å². The van der Waals surface area contributed by atoms with Crippen LogP contribution in [0.3, 0.4) is 0 Å². The van der Waals surface area contributed by atoms with Crippen molar-refractivity contribution in [3.63, 3.8) is 0 Å². The van der Waals surface area contributed by atoms with Crippen LogP contribution in [0.5, 0.6) is 5.75 Å². The van der Waals surface area contributed by atoms with E-state index in [1.807, 2.05) is 0 Å². The Morgan fingerprint density at radius 3 is 2.44 bits per heavy atom. The van der Waals surface area contributed by atoms with Gasteiger partial charge in [0.15, 0.2) is 6.61 Å². The van der Waals surface area contributed by atoms with Crippen molar-refractivity contribution in [1.29, 1.82) is 0 Å². The van der Waals surface area contributed by atoms with E-state index in [4.69, 9.17) is 4.74 Å². The fraction of sp³-hybridized carbons (Fsp3) is 0.500. The number of methoxy groups -OCH3 is 1. The zero-order chi connectivity index (χ0) is 18.2. The lowest BCUT2D eigenvalue weighted by Gasteiger charge is -2.29. The standard InChI is InChI=1S/C18H24N2O5/c1-12-5-3-4-6-15(12)19-18(23)20-16(21)11-25-14-9-7-13(8-10-14)17(22)24-2/h7-10,12,15H,3-6,11H2,1-2H3,(H2,19,20,21,23)/t12-,15+/m1/s1. The summed E-state index contributed by atoms with van der Waals surface area (Å²) in [5, 5.41) is 5.11. The topological polar surface area (TPSA) is 93.7 Å². The van der Waals surface area contributed by atoms with Gasteiger partial charge in [0, 0.05) is 6.04 Å². The molecule has 0 heterocycles. The van der Waals surface area contributed by atoms with Crippen LogP contribution in [0.4, 0.5) is 4.79 Å². The highest BCUT2D eigenvalue weighted by molar-refractivity contribution is 5.95. The maximum absolute atomic E-state index is 11.9. The largest absolute Gasteiger partial charge is 0.484 e. The first kappa shape index (κ1) is 18.8. The van der Waals surface area contributed by atoms with E-state index in [-0.39, 0.29) is 12.6 Å². The molecule has 7 heteroatoms. The third-order valence-electron chi connectivity index (χ3n) is 4.33. The van der Waals surface area contributed by atoms with Crippen LogP contribution in [0.15, 0.2) is 24.3 Å². The van der Waals surface area contributed by atoms with Crippen LogP contribution in [0.2, 0.25) is 0 Å². The van der Waals surface area contributed by atoms with Crippen LogP contribution in [0.25, 0.3) is 0 Å². The van der Waals surface area contributed by atoms with Gasteiger partial charge in [0.1, 0.15) is 5.75 Å². The van der Waals surface area contributed by atoms with E-state index < -0.39 is 17.9 Å². The van der Waals surface area contributed by atoms with E-state index in [0.29, 0.717) is 17.2 Å². The first-order valence-corrected chi connectivity index (χ1v) is 8.41. The molecule has 0 saturated heterocycles. The Morgan fingerprint density at radius 1 is 1.12 bits per heavy atom. The Kier molecular flexibility index (Phi) is 6.80. The average Bonchev–Trinajstić information content (AvgIpc) is 2.61. The van der Waals surface area contributed by atoms with Crippen molar-refractivity contribution in [3.05, 3.63) is 29.8 Å². The molecule has 1 aromatic carbocycles. The van der Waals surface area contributed by atoms with Crippen molar-refractivity contribution < 1.29 is 23.9 Å². The van der Waals surface area contributed by atoms with Crippen molar-refractivity contribution in [2.75, 3.05) is 13.7 Å². The van der Waals surface area contributed by atoms with Gasteiger partial charge in [0.25, 0.3) is 5.91 Å². The van der Waals surface area contributed by atoms with Gasteiger partial charge in [0.05, 0.1) is 12.7 Å². The van der Waals surface area contributed by atoms with Crippen molar-refractivity contribution in [2.45, 2.75) is 38.6 Å². The van der Waals surface area contributed by atoms with Gasteiger partial charge in [-0.25, -0.2) is 9.59 Å². The minimum Gasteiger partial charge on any atom is -0.484 e. The number of rotatable bonds is 5. The second-order valence-electron chi connectivity index (χ2n) is 6.19. The van der Waals surface area contributed by atoms with E-state index in [1.54, 1.807) is 12.1 Å². The third kappa shape index (κ3) is 5.77. The number of esters is 1. The van der Waals surface area contributed by atoms with Crippen molar-refractivity contribution >= 4 is 17.9 Å². The highest BCUT2D eigenvalue weighted by Gasteiger charge is 2.23. The summed E-state index contributed by atoms with van der Waals surface area (Å²) in [6, 6.07) is 5.81. The number of imide groups is 1. The minimum absolute atomic E-state index is 0.105. The SMILES string of the molecule is COC(=O)c1ccc(OCC(=O)NC(=O)N[C@H]2CCCC[C@H]2C)cc1. The minimum atomic E-state index is -0.530. The summed E-state index contributed by atoms with van der Waals surface area (Å²) in [6.07, 6.45) is 4.30. The summed E-state index contributed by atoms with van der Waals surface area (Å²) in [5.74, 6) is -0.140. The van der Waals surface area contributed by atoms with E-state index >= 15 is 0 Å². The lowest BCUT2D eigenvalue weighted by atomic mass is 9.86. The van der Waals surface area contributed by atoms with Gasteiger partial charge in [-0.2, -0.15) is 0 Å². The Hall–Kier alpha value is -2.57. The molecule has 7 nitrogen and oxygen atoms in total. The molecule has 1 saturated carbocycles. The zero-order valence-electron chi connectivity index (χ0n) is 14.5. The summed E-state index contributed by atoms with van der Waals surface area (Å²) >= 11 is 0. The average molecular weight is 348 g/mol. The van der Waals surface area contributed by atoms with Gasteiger partial charge in [-0.3, -0.25) is 10.1 Å². The third-order valence-corrected chi connectivity index (χ3v) is 4.33. The summed E-state index contributed by atoms with van der Waals surface area (Å²) in [6.45, 7) is 1.82. The lowest BCUT2D eigenvalue weighted by molar-refractivity contribution is -0.122. The van der Waals surface area contributed by atoms with E-state index in [9.17, 15) is 14.4 Å². The molecule has 25 heavy (non-hydrogen) atoms. The number of hydrogen-bond acceptors (Lipinski definition) is 5. The molecule has 0 bridgehead atoms. The Balaban J connectivity index is 1.74. The summed E-state index contributed by atoms with van der Waals surface area (Å²) in [7, 11) is 1.30. The Labute approximate surface area is 147 Å². The molecule has 3 amide bonds. The summed E-state index contributed by atoms with van der Waals surface area (Å²) in [4.78, 5) is 35.0. The Morgan fingerprint density at radius 2 is 1.80 bits per heavy atom. The van der Waals surface area contributed by atoms with Gasteiger partial charge in [-0.15, -0.1) is 0 Å². The first-order chi connectivity index (χ1) is 12.0. The number of benzene rings is 1. The van der Waals surface area contributed by atoms with Crippen LogP contribution >= 0.6 is 0 Å². The molecule has 0 aromatic heterocycles. The van der Waals surface area contributed by atoms with Crippen molar-refractivity contribution in [3.8, 4) is 5.75 Å². The highest BCUT2D eigenvalue weighted by Crippen LogP contribution is 2.23. The fourth-order valence-corrected chi connectivity index (χ4v) is 2.85. The number of carbonyl (C=O) groups excluding carboxylic acids is 3. The van der Waals surface area contributed by atoms with Crippen LogP contribution in [-0.2, 0) is 9.53 Å². The maximum atomic E-state index is 11.9. The monoisotopic (exact) mass is 348 g/mol. The molecule has 1 fully saturated rings. The molecule has 1 aliphatic carbocycles. The quantitative estimate of drug-likeness (QED) is 0.796. The first-order valence-electron chi connectivity index (χ1n) is 8.41. The van der Waals surface area contributed by atoms with E-state index in [2.05, 4.69) is 22.3 Å². The molecule has 1 aliphatic rings. The van der Waals surface area contributed by atoms with Crippen LogP contribution in [0, 0.1) is 5.92 Å². The molecule has 0 spiro atoms. The van der Waals surface area contributed by atoms with Gasteiger partial charge < -0.3 is 14.8 Å². The highest BCUT2D eigenvalue weighted by atomic mass is 16.5. The van der Waals surface area contributed by atoms with Crippen LogP contribution in [0.1, 0.15) is 43.0 Å². The molecular weight excluding hydrogens is 324 g/mol. The molecule has 0 unspecified atom stereocenters. The number of nitrogens with one attached hydrogen (secondary N) is 2. The molecule has 136 valence electrons. The van der Waals surface area contributed by atoms with Crippen LogP contribution < -0.4 is 15.4 Å². The normalized spacial score (nSPS) is 19.6. The van der Waals surface area contributed by atoms with Gasteiger partial charge >= 0.3 is 12.0 Å². The molecule has 2 atom stereocenters. The second-order valence-corrected chi connectivity index (χ2v) is 6.19. The number of hydrogen-bond donors (Lipinski definition) is 2. The lowest BCUT2D eigenvalue weighted by Crippen LogP contribution is -2.48. The van der Waals surface area contributed by atoms with E-state index in [1.165, 1.54) is 25.7 Å². The maximum Gasteiger partial charge on any atom is 0.337 e. The second kappa shape index (κ2) is 9.05. The molecule has 1 aromatic rings. The molecule has 2 N–H and O–H groups in total. The van der Waals surface area contributed by atoms with Gasteiger partial charge in [0.2, 0.25) is 0 Å². The predicted molar refractivity (Wildman–Crippen MR) is 91.4 cm³/mol. The number of ether oxygens (including phenoxy) is 2. The number of urea groups is 1. The van der Waals surface area contributed by atoms with Crippen molar-refractivity contribution in [2.24, 2.45) is 5.92 Å². The number of carbonyl (C=O) groups is 3. The Bertz CT molecular complexity index is 614. The molecule has 0 aliphatic heterocycles. The van der Waals surface area contributed by atoms with Crippen molar-refractivity contribution in [1.82, 2.24) is 10.6 Å². The molecule has 0 radical (unpaired) electrons. The summed E-state index contributed by atoms with van der Waals surface area (Å²) in [5.41, 5.74) is 0.389. The molecule has 2 rings (SSSR count). The van der Waals surface area contributed by atoms with Crippen LogP contribution in [-0.4, -0.2) is 37.7 Å². The smallest absolute Gasteiger partial charge is 0.337 e. The summed E-state index contributed by atoms with van der Waals surface area (Å²) < 4.78 is 9.90.